The molecular weight excluding hydrogens is 646 g/mol. The maximum Gasteiger partial charge on any atom is 0.229 e. The van der Waals surface area contributed by atoms with E-state index in [1.165, 1.54) is 17.3 Å². The molecule has 0 spiro atoms. The zero-order chi connectivity index (χ0) is 31.4. The van der Waals surface area contributed by atoms with Gasteiger partial charge in [-0.2, -0.15) is 4.98 Å². The summed E-state index contributed by atoms with van der Waals surface area (Å²) in [6.07, 6.45) is 5.76. The Hall–Kier alpha value is -3.31. The number of nitrogens with two attached hydrogens (primary N) is 1. The van der Waals surface area contributed by atoms with Crippen LogP contribution in [0.5, 0.6) is 5.75 Å². The first-order valence-corrected chi connectivity index (χ1v) is 18.1. The molecule has 0 aliphatic carbocycles. The van der Waals surface area contributed by atoms with Crippen molar-refractivity contribution in [3.05, 3.63) is 58.6 Å². The Morgan fingerprint density at radius 1 is 1.11 bits per heavy atom. The topological polar surface area (TPSA) is 130 Å². The van der Waals surface area contributed by atoms with Crippen LogP contribution in [0.3, 0.4) is 0 Å². The number of hydrogen-bond donors (Lipinski definition) is 4. The molecule has 0 unspecified atom stereocenters. The lowest BCUT2D eigenvalue weighted by molar-refractivity contribution is 0.412. The molecule has 1 aliphatic rings. The van der Waals surface area contributed by atoms with E-state index in [9.17, 15) is 8.96 Å². The summed E-state index contributed by atoms with van der Waals surface area (Å²) in [6.45, 7) is 8.85. The molecule has 0 saturated carbocycles. The number of hydrogen-bond acceptors (Lipinski definition) is 10. The molecule has 1 aliphatic heterocycles. The molecule has 5 rings (SSSR count). The van der Waals surface area contributed by atoms with E-state index < -0.39 is 13.0 Å². The largest absolute Gasteiger partial charge is 0.494 e. The molecule has 1 fully saturated rings. The third-order valence-electron chi connectivity index (χ3n) is 7.78. The number of nitrogens with zero attached hydrogens (tertiary/aromatic N) is 4. The number of benzene rings is 2. The number of fused-ring (bicyclic) bond motifs is 1. The van der Waals surface area contributed by atoms with Crippen molar-refractivity contribution in [3.8, 4) is 5.75 Å². The molecule has 234 valence electrons. The number of aryl methyl sites for hydroxylation is 1. The second kappa shape index (κ2) is 13.8. The van der Waals surface area contributed by atoms with Crippen LogP contribution in [-0.2, 0) is 11.0 Å². The number of halogens is 2. The van der Waals surface area contributed by atoms with E-state index in [4.69, 9.17) is 15.5 Å². The van der Waals surface area contributed by atoms with Gasteiger partial charge in [0, 0.05) is 60.9 Å². The van der Waals surface area contributed by atoms with Crippen molar-refractivity contribution in [3.63, 3.8) is 0 Å². The summed E-state index contributed by atoms with van der Waals surface area (Å²) in [4.78, 5) is 15.8. The SMILES string of the molecule is CCc1cc(Nc2ncc(Br)c(Nc3ccc4ncc(F)cc4c3P(C)(C)=O)n2)c(OC)cc1N1CCC(NCCN)CC1. The normalized spacial score (nSPS) is 14.2. The molecule has 3 heterocycles. The molecule has 0 bridgehead atoms. The maximum atomic E-state index is 14.2. The fourth-order valence-electron chi connectivity index (χ4n) is 5.67. The zero-order valence-electron chi connectivity index (χ0n) is 25.5. The van der Waals surface area contributed by atoms with Crippen LogP contribution >= 0.6 is 23.1 Å². The van der Waals surface area contributed by atoms with E-state index in [1.807, 2.05) is 0 Å². The summed E-state index contributed by atoms with van der Waals surface area (Å²) >= 11 is 3.53. The molecule has 44 heavy (non-hydrogen) atoms. The quantitative estimate of drug-likeness (QED) is 0.145. The average Bonchev–Trinajstić information content (AvgIpc) is 3.00. The Bertz CT molecular complexity index is 1690. The number of methoxy groups -OCH3 is 1. The van der Waals surface area contributed by atoms with Crippen LogP contribution in [-0.4, -0.2) is 67.6 Å². The van der Waals surface area contributed by atoms with Crippen LogP contribution in [0, 0.1) is 5.82 Å². The first kappa shape index (κ1) is 32.1. The lowest BCUT2D eigenvalue weighted by Gasteiger charge is -2.35. The van der Waals surface area contributed by atoms with E-state index in [0.29, 0.717) is 56.5 Å². The molecule has 2 aromatic carbocycles. The molecule has 0 radical (unpaired) electrons. The monoisotopic (exact) mass is 684 g/mol. The van der Waals surface area contributed by atoms with Crippen LogP contribution in [0.15, 0.2) is 47.2 Å². The highest BCUT2D eigenvalue weighted by atomic mass is 79.9. The standard InChI is InChI=1S/C31H39BrFN8O2P/c1-5-19-14-26(28(43-2)16-27(19)41-12-8-21(9-13-41)35-11-10-34)39-31-37-18-23(32)30(40-31)38-25-7-6-24-22(15-20(33)17-36-24)29(25)44(3,4)42/h6-7,14-18,21,35H,5,8-13,34H2,1-4H3,(H2,37,38,39,40). The minimum absolute atomic E-state index is 0.349. The molecule has 2 aromatic heterocycles. The van der Waals surface area contributed by atoms with Gasteiger partial charge in [-0.3, -0.25) is 4.98 Å². The van der Waals surface area contributed by atoms with Crippen LogP contribution in [0.4, 0.5) is 33.2 Å². The second-order valence-corrected chi connectivity index (χ2v) is 15.2. The zero-order valence-corrected chi connectivity index (χ0v) is 27.9. The Labute approximate surface area is 265 Å². The minimum atomic E-state index is -2.86. The molecule has 1 saturated heterocycles. The average molecular weight is 686 g/mol. The predicted molar refractivity (Wildman–Crippen MR) is 182 cm³/mol. The number of rotatable bonds is 11. The number of pyridine rings is 1. The fraction of sp³-hybridized carbons (Fsp3) is 0.387. The molecule has 0 amide bonds. The van der Waals surface area contributed by atoms with Crippen molar-refractivity contribution in [1.82, 2.24) is 20.3 Å². The van der Waals surface area contributed by atoms with E-state index >= 15 is 0 Å². The first-order valence-electron chi connectivity index (χ1n) is 14.7. The third kappa shape index (κ3) is 7.15. The fourth-order valence-corrected chi connectivity index (χ4v) is 7.43. The molecule has 5 N–H and O–H groups in total. The van der Waals surface area contributed by atoms with Crippen molar-refractivity contribution in [1.29, 1.82) is 0 Å². The van der Waals surface area contributed by atoms with Gasteiger partial charge in [-0.25, -0.2) is 9.37 Å². The van der Waals surface area contributed by atoms with Gasteiger partial charge in [-0.1, -0.05) is 6.92 Å². The Balaban J connectivity index is 1.42. The third-order valence-corrected chi connectivity index (χ3v) is 9.92. The number of aromatic nitrogens is 3. The van der Waals surface area contributed by atoms with Crippen molar-refractivity contribution < 1.29 is 13.7 Å². The highest BCUT2D eigenvalue weighted by molar-refractivity contribution is 9.10. The van der Waals surface area contributed by atoms with Crippen molar-refractivity contribution in [2.45, 2.75) is 32.2 Å². The molecule has 0 atom stereocenters. The number of piperidine rings is 1. The van der Waals surface area contributed by atoms with Crippen LogP contribution < -0.4 is 36.6 Å². The van der Waals surface area contributed by atoms with Crippen LogP contribution in [0.1, 0.15) is 25.3 Å². The Kier molecular flexibility index (Phi) is 10.0. The van der Waals surface area contributed by atoms with Gasteiger partial charge in [-0.15, -0.1) is 0 Å². The van der Waals surface area contributed by atoms with Gasteiger partial charge in [0.1, 0.15) is 24.5 Å². The van der Waals surface area contributed by atoms with E-state index in [1.54, 1.807) is 38.8 Å². The molecule has 4 aromatic rings. The number of ether oxygens (including phenoxy) is 1. The van der Waals surface area contributed by atoms with Crippen molar-refractivity contribution in [2.24, 2.45) is 5.73 Å². The van der Waals surface area contributed by atoms with Crippen molar-refractivity contribution in [2.75, 3.05) is 62.2 Å². The van der Waals surface area contributed by atoms with Gasteiger partial charge in [0.15, 0.2) is 0 Å². The predicted octanol–water partition coefficient (Wildman–Crippen LogP) is 5.75. The van der Waals surface area contributed by atoms with Gasteiger partial charge in [0.05, 0.1) is 34.7 Å². The smallest absolute Gasteiger partial charge is 0.229 e. The highest BCUT2D eigenvalue weighted by Crippen LogP contribution is 2.42. The highest BCUT2D eigenvalue weighted by Gasteiger charge is 2.24. The summed E-state index contributed by atoms with van der Waals surface area (Å²) in [5.74, 6) is 1.00. The lowest BCUT2D eigenvalue weighted by Crippen LogP contribution is -2.44. The van der Waals surface area contributed by atoms with Gasteiger partial charge in [-0.05, 0) is 78.4 Å². The van der Waals surface area contributed by atoms with Crippen molar-refractivity contribution >= 4 is 68.1 Å². The second-order valence-electron chi connectivity index (χ2n) is 11.2. The number of anilines is 5. The van der Waals surface area contributed by atoms with E-state index in [-0.39, 0.29) is 0 Å². The Morgan fingerprint density at radius 2 is 1.89 bits per heavy atom. The summed E-state index contributed by atoms with van der Waals surface area (Å²) in [6, 6.07) is 9.59. The van der Waals surface area contributed by atoms with Gasteiger partial charge < -0.3 is 35.9 Å². The van der Waals surface area contributed by atoms with Gasteiger partial charge in [0.2, 0.25) is 5.95 Å². The Morgan fingerprint density at radius 3 is 2.57 bits per heavy atom. The van der Waals surface area contributed by atoms with Crippen LogP contribution in [0.25, 0.3) is 10.9 Å². The van der Waals surface area contributed by atoms with Gasteiger partial charge in [0.25, 0.3) is 0 Å². The summed E-state index contributed by atoms with van der Waals surface area (Å²) < 4.78 is 34.0. The summed E-state index contributed by atoms with van der Waals surface area (Å²) in [5, 5.41) is 11.2. The van der Waals surface area contributed by atoms with Gasteiger partial charge >= 0.3 is 0 Å². The van der Waals surface area contributed by atoms with E-state index in [2.05, 4.69) is 65.8 Å². The molecule has 13 heteroatoms. The summed E-state index contributed by atoms with van der Waals surface area (Å²) in [7, 11) is -1.20. The lowest BCUT2D eigenvalue weighted by atomic mass is 10.0. The summed E-state index contributed by atoms with van der Waals surface area (Å²) in [5.41, 5.74) is 9.90. The maximum absolute atomic E-state index is 14.2. The van der Waals surface area contributed by atoms with Crippen LogP contribution in [0.2, 0.25) is 0 Å². The molecular formula is C31H39BrFN8O2P. The van der Waals surface area contributed by atoms with E-state index in [0.717, 1.165) is 50.8 Å². The first-order chi connectivity index (χ1) is 21.1. The molecule has 10 nitrogen and oxygen atoms in total. The minimum Gasteiger partial charge on any atom is -0.494 e. The number of nitrogens with one attached hydrogen (secondary N) is 3.